The molecule has 3 aliphatic carbocycles. The maximum absolute atomic E-state index is 11.8. The number of amides is 3. The summed E-state index contributed by atoms with van der Waals surface area (Å²) in [6, 6.07) is -0.124. The van der Waals surface area contributed by atoms with Crippen LogP contribution in [0, 0.1) is 11.8 Å². The molecule has 4 nitrogen and oxygen atoms in total. The highest BCUT2D eigenvalue weighted by molar-refractivity contribution is 6.04. The van der Waals surface area contributed by atoms with Gasteiger partial charge in [-0.3, -0.25) is 10.1 Å². The Kier molecular flexibility index (Phi) is 2.19. The summed E-state index contributed by atoms with van der Waals surface area (Å²) in [5.74, 6) is 1.28. The van der Waals surface area contributed by atoms with E-state index in [1.54, 1.807) is 4.90 Å². The Morgan fingerprint density at radius 1 is 1.19 bits per heavy atom. The zero-order valence-corrected chi connectivity index (χ0v) is 9.61. The molecule has 16 heavy (non-hydrogen) atoms. The van der Waals surface area contributed by atoms with Crippen LogP contribution in [0.25, 0.3) is 0 Å². The van der Waals surface area contributed by atoms with Crippen molar-refractivity contribution < 1.29 is 9.59 Å². The molecule has 88 valence electrons. The fourth-order valence-corrected chi connectivity index (χ4v) is 3.70. The van der Waals surface area contributed by atoms with Gasteiger partial charge >= 0.3 is 6.03 Å². The van der Waals surface area contributed by atoms with Gasteiger partial charge in [-0.15, -0.1) is 0 Å². The predicted octanol–water partition coefficient (Wildman–Crippen LogP) is 1.51. The summed E-state index contributed by atoms with van der Waals surface area (Å²) in [5.41, 5.74) is 0. The second kappa shape index (κ2) is 3.47. The molecule has 2 atom stereocenters. The SMILES string of the molecule is CC1C(=O)NC(=O)N1C1CC2CCC1CC2. The third-order valence-corrected chi connectivity index (χ3v) is 4.63. The van der Waals surface area contributed by atoms with Crippen LogP contribution in [0.15, 0.2) is 0 Å². The van der Waals surface area contributed by atoms with Crippen molar-refractivity contribution >= 4 is 11.9 Å². The van der Waals surface area contributed by atoms with Gasteiger partial charge in [0.2, 0.25) is 0 Å². The van der Waals surface area contributed by atoms with Gasteiger partial charge in [0.25, 0.3) is 5.91 Å². The monoisotopic (exact) mass is 222 g/mol. The van der Waals surface area contributed by atoms with E-state index in [4.69, 9.17) is 0 Å². The molecule has 3 saturated carbocycles. The summed E-state index contributed by atoms with van der Waals surface area (Å²) < 4.78 is 0. The van der Waals surface area contributed by atoms with Gasteiger partial charge in [0.1, 0.15) is 6.04 Å². The van der Waals surface area contributed by atoms with Gasteiger partial charge in [-0.1, -0.05) is 12.8 Å². The van der Waals surface area contributed by atoms with Crippen LogP contribution < -0.4 is 5.32 Å². The molecule has 0 aromatic carbocycles. The molecule has 1 saturated heterocycles. The van der Waals surface area contributed by atoms with E-state index in [2.05, 4.69) is 5.32 Å². The number of nitrogens with zero attached hydrogens (tertiary/aromatic N) is 1. The minimum Gasteiger partial charge on any atom is -0.309 e. The number of nitrogens with one attached hydrogen (secondary N) is 1. The number of carbonyl (C=O) groups excluding carboxylic acids is 2. The van der Waals surface area contributed by atoms with Crippen molar-refractivity contribution in [2.45, 2.75) is 51.1 Å². The second-order valence-electron chi connectivity index (χ2n) is 5.46. The molecule has 3 amide bonds. The highest BCUT2D eigenvalue weighted by Crippen LogP contribution is 2.44. The maximum Gasteiger partial charge on any atom is 0.325 e. The van der Waals surface area contributed by atoms with Crippen molar-refractivity contribution in [1.82, 2.24) is 10.2 Å². The Bertz CT molecular complexity index is 334. The summed E-state index contributed by atoms with van der Waals surface area (Å²) in [6.45, 7) is 1.84. The normalized spacial score (nSPS) is 42.7. The highest BCUT2D eigenvalue weighted by atomic mass is 16.2. The molecule has 4 fully saturated rings. The molecule has 0 aromatic heterocycles. The molecule has 4 heteroatoms. The van der Waals surface area contributed by atoms with E-state index in [-0.39, 0.29) is 18.0 Å². The number of hydrogen-bond acceptors (Lipinski definition) is 2. The van der Waals surface area contributed by atoms with Crippen LogP contribution in [-0.4, -0.2) is 28.9 Å². The number of urea groups is 1. The molecule has 2 bridgehead atoms. The van der Waals surface area contributed by atoms with Crippen LogP contribution >= 0.6 is 0 Å². The first-order valence-electron chi connectivity index (χ1n) is 6.30. The molecule has 0 radical (unpaired) electrons. The summed E-state index contributed by atoms with van der Waals surface area (Å²) in [6.07, 6.45) is 6.22. The topological polar surface area (TPSA) is 49.4 Å². The van der Waals surface area contributed by atoms with E-state index < -0.39 is 0 Å². The van der Waals surface area contributed by atoms with Gasteiger partial charge in [0.05, 0.1) is 0 Å². The van der Waals surface area contributed by atoms with E-state index in [1.165, 1.54) is 25.7 Å². The molecule has 4 rings (SSSR count). The number of imide groups is 1. The zero-order valence-electron chi connectivity index (χ0n) is 9.61. The minimum absolute atomic E-state index is 0.133. The Balaban J connectivity index is 1.82. The van der Waals surface area contributed by atoms with Crippen molar-refractivity contribution in [1.29, 1.82) is 0 Å². The van der Waals surface area contributed by atoms with Crippen LogP contribution in [0.2, 0.25) is 0 Å². The first-order valence-corrected chi connectivity index (χ1v) is 6.30. The molecule has 0 spiro atoms. The third kappa shape index (κ3) is 1.35. The Morgan fingerprint density at radius 2 is 1.88 bits per heavy atom. The van der Waals surface area contributed by atoms with E-state index in [1.807, 2.05) is 6.92 Å². The van der Waals surface area contributed by atoms with Crippen LogP contribution in [0.4, 0.5) is 4.79 Å². The zero-order chi connectivity index (χ0) is 11.3. The van der Waals surface area contributed by atoms with Gasteiger partial charge in [0.15, 0.2) is 0 Å². The maximum atomic E-state index is 11.8. The summed E-state index contributed by atoms with van der Waals surface area (Å²) >= 11 is 0. The molecule has 0 aromatic rings. The lowest BCUT2D eigenvalue weighted by Crippen LogP contribution is -2.51. The Hall–Kier alpha value is -1.06. The number of hydrogen-bond donors (Lipinski definition) is 1. The fourth-order valence-electron chi connectivity index (χ4n) is 3.70. The fraction of sp³-hybridized carbons (Fsp3) is 0.833. The second-order valence-corrected chi connectivity index (χ2v) is 5.46. The van der Waals surface area contributed by atoms with E-state index in [0.717, 1.165) is 12.3 Å². The van der Waals surface area contributed by atoms with Gasteiger partial charge in [-0.05, 0) is 38.0 Å². The van der Waals surface area contributed by atoms with Crippen LogP contribution in [0.5, 0.6) is 0 Å². The minimum atomic E-state index is -0.267. The number of rotatable bonds is 1. The highest BCUT2D eigenvalue weighted by Gasteiger charge is 2.46. The molecule has 1 aliphatic heterocycles. The summed E-state index contributed by atoms with van der Waals surface area (Å²) in [5, 5.41) is 2.42. The Labute approximate surface area is 95.4 Å². The first-order chi connectivity index (χ1) is 7.66. The molecule has 2 unspecified atom stereocenters. The standard InChI is InChI=1S/C12H18N2O2/c1-7-11(15)13-12(16)14(7)10-6-8-2-4-9(10)5-3-8/h7-10H,2-6H2,1H3,(H,13,15,16). The van der Waals surface area contributed by atoms with Gasteiger partial charge in [-0.2, -0.15) is 0 Å². The first kappa shape index (κ1) is 10.1. The van der Waals surface area contributed by atoms with Crippen molar-refractivity contribution in [2.75, 3.05) is 0 Å². The smallest absolute Gasteiger partial charge is 0.309 e. The van der Waals surface area contributed by atoms with E-state index in [0.29, 0.717) is 12.0 Å². The molecular formula is C12H18N2O2. The predicted molar refractivity (Wildman–Crippen MR) is 58.7 cm³/mol. The van der Waals surface area contributed by atoms with Crippen molar-refractivity contribution in [2.24, 2.45) is 11.8 Å². The average Bonchev–Trinajstić information content (AvgIpc) is 2.54. The van der Waals surface area contributed by atoms with Gasteiger partial charge in [-0.25, -0.2) is 4.79 Å². The molecule has 1 heterocycles. The molecule has 1 N–H and O–H groups in total. The summed E-state index contributed by atoms with van der Waals surface area (Å²) in [7, 11) is 0. The quantitative estimate of drug-likeness (QED) is 0.684. The number of carbonyl (C=O) groups is 2. The van der Waals surface area contributed by atoms with Crippen LogP contribution in [-0.2, 0) is 4.79 Å². The largest absolute Gasteiger partial charge is 0.325 e. The van der Waals surface area contributed by atoms with Crippen molar-refractivity contribution in [3.8, 4) is 0 Å². The van der Waals surface area contributed by atoms with Crippen molar-refractivity contribution in [3.63, 3.8) is 0 Å². The van der Waals surface area contributed by atoms with Gasteiger partial charge in [0, 0.05) is 6.04 Å². The molecule has 4 aliphatic rings. The van der Waals surface area contributed by atoms with Crippen molar-refractivity contribution in [3.05, 3.63) is 0 Å². The van der Waals surface area contributed by atoms with Gasteiger partial charge < -0.3 is 4.90 Å². The summed E-state index contributed by atoms with van der Waals surface area (Å²) in [4.78, 5) is 25.0. The lowest BCUT2D eigenvalue weighted by Gasteiger charge is -2.46. The number of fused-ring (bicyclic) bond motifs is 3. The van der Waals surface area contributed by atoms with E-state index in [9.17, 15) is 9.59 Å². The lowest BCUT2D eigenvalue weighted by molar-refractivity contribution is -0.121. The lowest BCUT2D eigenvalue weighted by atomic mass is 9.67. The average molecular weight is 222 g/mol. The third-order valence-electron chi connectivity index (χ3n) is 4.63. The van der Waals surface area contributed by atoms with Crippen LogP contribution in [0.1, 0.15) is 39.0 Å². The van der Waals surface area contributed by atoms with Crippen LogP contribution in [0.3, 0.4) is 0 Å². The van der Waals surface area contributed by atoms with E-state index >= 15 is 0 Å². The molecular weight excluding hydrogens is 204 g/mol. The Morgan fingerprint density at radius 3 is 2.31 bits per heavy atom.